The van der Waals surface area contributed by atoms with Crippen LogP contribution in [0.15, 0.2) is 20.1 Å². The van der Waals surface area contributed by atoms with E-state index in [1.54, 1.807) is 6.07 Å². The molecule has 0 aliphatic heterocycles. The van der Waals surface area contributed by atoms with Crippen molar-refractivity contribution in [1.82, 2.24) is 4.72 Å². The van der Waals surface area contributed by atoms with Crippen molar-refractivity contribution in [1.29, 1.82) is 0 Å². The minimum Gasteiger partial charge on any atom is -0.393 e. The van der Waals surface area contributed by atoms with Crippen molar-refractivity contribution in [2.45, 2.75) is 16.7 Å². The van der Waals surface area contributed by atoms with Gasteiger partial charge < -0.3 is 10.2 Å². The van der Waals surface area contributed by atoms with Crippen LogP contribution in [0.2, 0.25) is 0 Å². The molecule has 5 nitrogen and oxygen atoms in total. The van der Waals surface area contributed by atoms with Crippen LogP contribution in [0.3, 0.4) is 0 Å². The molecule has 0 fully saturated rings. The number of rotatable bonds is 5. The largest absolute Gasteiger partial charge is 0.393 e. The summed E-state index contributed by atoms with van der Waals surface area (Å²) >= 11 is 4.24. The Morgan fingerprint density at radius 1 is 1.56 bits per heavy atom. The number of thiophene rings is 1. The molecule has 16 heavy (non-hydrogen) atoms. The van der Waals surface area contributed by atoms with Crippen LogP contribution in [0.4, 0.5) is 0 Å². The molecule has 0 radical (unpaired) electrons. The van der Waals surface area contributed by atoms with E-state index in [-0.39, 0.29) is 10.8 Å². The molecular formula is C8H12BrNO4S2. The fourth-order valence-electron chi connectivity index (χ4n) is 0.820. The Labute approximate surface area is 106 Å². The van der Waals surface area contributed by atoms with Gasteiger partial charge in [0.15, 0.2) is 0 Å². The van der Waals surface area contributed by atoms with Gasteiger partial charge in [0.2, 0.25) is 10.0 Å². The molecule has 0 aliphatic rings. The highest BCUT2D eigenvalue weighted by Gasteiger charge is 2.24. The third kappa shape index (κ3) is 3.79. The van der Waals surface area contributed by atoms with Crippen molar-refractivity contribution in [2.24, 2.45) is 0 Å². The second-order valence-corrected chi connectivity index (χ2v) is 7.99. The van der Waals surface area contributed by atoms with Crippen molar-refractivity contribution in [3.63, 3.8) is 0 Å². The standard InChI is InChI=1S/C8H12BrNO4S2/c1-8(12,5-11)4-10-16(13,14)7-3-2-6(9)15-7/h2-3,10-12H,4-5H2,1H3. The third-order valence-corrected chi connectivity index (χ3v) is 5.31. The second kappa shape index (κ2) is 5.11. The van der Waals surface area contributed by atoms with Gasteiger partial charge >= 0.3 is 0 Å². The van der Waals surface area contributed by atoms with E-state index in [1.807, 2.05) is 0 Å². The van der Waals surface area contributed by atoms with E-state index in [2.05, 4.69) is 20.7 Å². The van der Waals surface area contributed by atoms with E-state index in [1.165, 1.54) is 13.0 Å². The molecule has 0 saturated carbocycles. The van der Waals surface area contributed by atoms with Crippen LogP contribution in [0.25, 0.3) is 0 Å². The molecule has 8 heteroatoms. The van der Waals surface area contributed by atoms with E-state index < -0.39 is 22.2 Å². The Balaban J connectivity index is 2.74. The van der Waals surface area contributed by atoms with E-state index in [4.69, 9.17) is 5.11 Å². The van der Waals surface area contributed by atoms with Gasteiger partial charge in [-0.15, -0.1) is 11.3 Å². The van der Waals surface area contributed by atoms with E-state index in [0.29, 0.717) is 3.79 Å². The summed E-state index contributed by atoms with van der Waals surface area (Å²) < 4.78 is 26.5. The molecule has 1 aromatic heterocycles. The summed E-state index contributed by atoms with van der Waals surface area (Å²) in [5, 5.41) is 18.2. The van der Waals surface area contributed by atoms with Gasteiger partial charge in [-0.3, -0.25) is 0 Å². The fraction of sp³-hybridized carbons (Fsp3) is 0.500. The monoisotopic (exact) mass is 329 g/mol. The van der Waals surface area contributed by atoms with Gasteiger partial charge in [0.25, 0.3) is 0 Å². The summed E-state index contributed by atoms with van der Waals surface area (Å²) in [4.78, 5) is 0. The lowest BCUT2D eigenvalue weighted by Gasteiger charge is -2.20. The summed E-state index contributed by atoms with van der Waals surface area (Å²) in [6, 6.07) is 3.09. The van der Waals surface area contributed by atoms with Crippen molar-refractivity contribution in [3.05, 3.63) is 15.9 Å². The van der Waals surface area contributed by atoms with Gasteiger partial charge in [0.1, 0.15) is 4.21 Å². The average Bonchev–Trinajstić information content (AvgIpc) is 2.63. The Morgan fingerprint density at radius 3 is 2.62 bits per heavy atom. The molecule has 0 saturated heterocycles. The highest BCUT2D eigenvalue weighted by molar-refractivity contribution is 9.11. The topological polar surface area (TPSA) is 86.6 Å². The van der Waals surface area contributed by atoms with Crippen molar-refractivity contribution < 1.29 is 18.6 Å². The van der Waals surface area contributed by atoms with Crippen molar-refractivity contribution in [2.75, 3.05) is 13.2 Å². The molecule has 1 heterocycles. The first-order valence-corrected chi connectivity index (χ1v) is 7.44. The Kier molecular flexibility index (Phi) is 4.49. The molecule has 92 valence electrons. The maximum Gasteiger partial charge on any atom is 0.250 e. The smallest absolute Gasteiger partial charge is 0.250 e. The predicted molar refractivity (Wildman–Crippen MR) is 64.9 cm³/mol. The number of hydrogen-bond acceptors (Lipinski definition) is 5. The normalized spacial score (nSPS) is 16.0. The molecule has 1 rings (SSSR count). The molecule has 1 atom stereocenters. The number of aliphatic hydroxyl groups is 2. The third-order valence-electron chi connectivity index (χ3n) is 1.80. The SMILES string of the molecule is CC(O)(CO)CNS(=O)(=O)c1ccc(Br)s1. The zero-order valence-corrected chi connectivity index (χ0v) is 11.7. The maximum absolute atomic E-state index is 11.7. The first-order chi connectivity index (χ1) is 7.27. The summed E-state index contributed by atoms with van der Waals surface area (Å²) in [6.07, 6.45) is 0. The number of sulfonamides is 1. The fourth-order valence-corrected chi connectivity index (χ4v) is 4.04. The highest BCUT2D eigenvalue weighted by atomic mass is 79.9. The average molecular weight is 330 g/mol. The molecular weight excluding hydrogens is 318 g/mol. The van der Waals surface area contributed by atoms with Gasteiger partial charge in [0, 0.05) is 6.54 Å². The minimum absolute atomic E-state index is 0.160. The zero-order chi connectivity index (χ0) is 12.4. The molecule has 0 bridgehead atoms. The molecule has 1 aromatic rings. The Morgan fingerprint density at radius 2 is 2.19 bits per heavy atom. The van der Waals surface area contributed by atoms with Gasteiger partial charge in [-0.05, 0) is 35.0 Å². The van der Waals surface area contributed by atoms with Crippen LogP contribution in [-0.4, -0.2) is 37.4 Å². The summed E-state index contributed by atoms with van der Waals surface area (Å²) in [5.74, 6) is 0. The van der Waals surface area contributed by atoms with E-state index >= 15 is 0 Å². The number of halogens is 1. The molecule has 0 aliphatic carbocycles. The van der Waals surface area contributed by atoms with Crippen LogP contribution < -0.4 is 4.72 Å². The molecule has 0 spiro atoms. The summed E-state index contributed by atoms with van der Waals surface area (Å²) in [7, 11) is -3.62. The van der Waals surface area contributed by atoms with Crippen LogP contribution in [0, 0.1) is 0 Å². The minimum atomic E-state index is -3.62. The Bertz CT molecular complexity index is 454. The van der Waals surface area contributed by atoms with Crippen LogP contribution >= 0.6 is 27.3 Å². The van der Waals surface area contributed by atoms with Gasteiger partial charge in [0.05, 0.1) is 16.0 Å². The quantitative estimate of drug-likeness (QED) is 0.735. The lowest BCUT2D eigenvalue weighted by atomic mass is 10.1. The van der Waals surface area contributed by atoms with Gasteiger partial charge in [-0.1, -0.05) is 0 Å². The first kappa shape index (κ1) is 14.1. The van der Waals surface area contributed by atoms with Gasteiger partial charge in [-0.2, -0.15) is 0 Å². The van der Waals surface area contributed by atoms with Crippen LogP contribution in [0.5, 0.6) is 0 Å². The Hall–Kier alpha value is 0.01000. The van der Waals surface area contributed by atoms with Crippen molar-refractivity contribution in [3.8, 4) is 0 Å². The number of nitrogens with one attached hydrogen (secondary N) is 1. The van der Waals surface area contributed by atoms with Crippen LogP contribution in [-0.2, 0) is 10.0 Å². The highest BCUT2D eigenvalue weighted by Crippen LogP contribution is 2.25. The molecule has 0 amide bonds. The predicted octanol–water partition coefficient (Wildman–Crippen LogP) is 0.532. The first-order valence-electron chi connectivity index (χ1n) is 4.35. The maximum atomic E-state index is 11.7. The molecule has 1 unspecified atom stereocenters. The summed E-state index contributed by atoms with van der Waals surface area (Å²) in [5.41, 5.74) is -1.46. The van der Waals surface area contributed by atoms with Crippen molar-refractivity contribution >= 4 is 37.3 Å². The second-order valence-electron chi connectivity index (χ2n) is 3.54. The van der Waals surface area contributed by atoms with E-state index in [0.717, 1.165) is 11.3 Å². The van der Waals surface area contributed by atoms with E-state index in [9.17, 15) is 13.5 Å². The zero-order valence-electron chi connectivity index (χ0n) is 8.47. The molecule has 0 aromatic carbocycles. The number of aliphatic hydroxyl groups excluding tert-OH is 1. The van der Waals surface area contributed by atoms with Gasteiger partial charge in [-0.25, -0.2) is 13.1 Å². The summed E-state index contributed by atoms with van der Waals surface area (Å²) in [6.45, 7) is 0.602. The van der Waals surface area contributed by atoms with Crippen LogP contribution in [0.1, 0.15) is 6.92 Å². The lowest BCUT2D eigenvalue weighted by Crippen LogP contribution is -2.43. The number of hydrogen-bond donors (Lipinski definition) is 3. The molecule has 3 N–H and O–H groups in total. The lowest BCUT2D eigenvalue weighted by molar-refractivity contribution is 0.00682.